The average Bonchev–Trinajstić information content (AvgIpc) is 2.62. The first-order valence-corrected chi connectivity index (χ1v) is 9.11. The van der Waals surface area contributed by atoms with Crippen molar-refractivity contribution in [2.75, 3.05) is 11.4 Å². The number of nitrogens with zero attached hydrogens (tertiary/aromatic N) is 1. The van der Waals surface area contributed by atoms with Crippen LogP contribution >= 0.6 is 0 Å². The molecule has 0 heterocycles. The number of hydrogen-bond acceptors (Lipinski definition) is 2. The number of carbonyl (C=O) groups is 2. The van der Waals surface area contributed by atoms with Crippen LogP contribution in [-0.2, 0) is 22.6 Å². The van der Waals surface area contributed by atoms with Crippen LogP contribution < -0.4 is 10.2 Å². The monoisotopic (exact) mass is 352 g/mol. The summed E-state index contributed by atoms with van der Waals surface area (Å²) >= 11 is 0. The van der Waals surface area contributed by atoms with Gasteiger partial charge in [-0.2, -0.15) is 0 Å². The number of para-hydroxylation sites is 1. The zero-order valence-corrected chi connectivity index (χ0v) is 16.1. The Kier molecular flexibility index (Phi) is 6.96. The molecule has 0 radical (unpaired) electrons. The Labute approximate surface area is 156 Å². The summed E-state index contributed by atoms with van der Waals surface area (Å²) in [4.78, 5) is 26.1. The van der Waals surface area contributed by atoms with Crippen LogP contribution in [0.3, 0.4) is 0 Å². The Bertz CT molecular complexity index is 766. The number of nitrogens with one attached hydrogen (secondary N) is 1. The standard InChI is InChI=1S/C22H28N2O2/c1-5-20-8-6-7-17(3)22(20)24(18(4)25)14-13-21(26)23-15-19-11-9-16(2)10-12-19/h6-12H,5,13-15H2,1-4H3,(H,23,26). The second-order valence-electron chi connectivity index (χ2n) is 6.62. The Morgan fingerprint density at radius 1 is 1.04 bits per heavy atom. The van der Waals surface area contributed by atoms with Crippen LogP contribution in [0.5, 0.6) is 0 Å². The van der Waals surface area contributed by atoms with Crippen LogP contribution in [0.4, 0.5) is 5.69 Å². The molecule has 0 saturated heterocycles. The summed E-state index contributed by atoms with van der Waals surface area (Å²) in [6, 6.07) is 14.1. The van der Waals surface area contributed by atoms with Gasteiger partial charge in [-0.05, 0) is 37.0 Å². The van der Waals surface area contributed by atoms with Crippen molar-refractivity contribution in [3.63, 3.8) is 0 Å². The lowest BCUT2D eigenvalue weighted by Gasteiger charge is -2.25. The highest BCUT2D eigenvalue weighted by atomic mass is 16.2. The minimum atomic E-state index is -0.0524. The van der Waals surface area contributed by atoms with Gasteiger partial charge >= 0.3 is 0 Å². The zero-order chi connectivity index (χ0) is 19.1. The molecule has 2 aromatic carbocycles. The highest BCUT2D eigenvalue weighted by Gasteiger charge is 2.18. The van der Waals surface area contributed by atoms with E-state index < -0.39 is 0 Å². The van der Waals surface area contributed by atoms with E-state index in [2.05, 4.69) is 12.2 Å². The van der Waals surface area contributed by atoms with Gasteiger partial charge in [0.05, 0.1) is 0 Å². The number of carbonyl (C=O) groups excluding carboxylic acids is 2. The molecule has 0 aliphatic heterocycles. The normalized spacial score (nSPS) is 10.5. The number of anilines is 1. The second-order valence-corrected chi connectivity index (χ2v) is 6.62. The van der Waals surface area contributed by atoms with E-state index in [-0.39, 0.29) is 18.2 Å². The molecular weight excluding hydrogens is 324 g/mol. The van der Waals surface area contributed by atoms with Gasteiger partial charge in [-0.15, -0.1) is 0 Å². The largest absolute Gasteiger partial charge is 0.352 e. The lowest BCUT2D eigenvalue weighted by Crippen LogP contribution is -2.34. The predicted molar refractivity (Wildman–Crippen MR) is 106 cm³/mol. The summed E-state index contributed by atoms with van der Waals surface area (Å²) in [5.74, 6) is -0.0937. The molecule has 0 aliphatic carbocycles. The minimum absolute atomic E-state index is 0.0414. The topological polar surface area (TPSA) is 49.4 Å². The Balaban J connectivity index is 1.99. The van der Waals surface area contributed by atoms with Gasteiger partial charge in [-0.3, -0.25) is 9.59 Å². The molecule has 1 N–H and O–H groups in total. The van der Waals surface area contributed by atoms with Gasteiger partial charge in [0.2, 0.25) is 11.8 Å². The van der Waals surface area contributed by atoms with Crippen LogP contribution in [-0.4, -0.2) is 18.4 Å². The Hall–Kier alpha value is -2.62. The van der Waals surface area contributed by atoms with E-state index in [4.69, 9.17) is 0 Å². The van der Waals surface area contributed by atoms with Crippen LogP contribution in [0.1, 0.15) is 42.5 Å². The fourth-order valence-corrected chi connectivity index (χ4v) is 3.03. The van der Waals surface area contributed by atoms with E-state index in [0.717, 1.165) is 28.8 Å². The molecule has 2 amide bonds. The third-order valence-corrected chi connectivity index (χ3v) is 4.53. The molecule has 2 aromatic rings. The second kappa shape index (κ2) is 9.18. The van der Waals surface area contributed by atoms with Crippen molar-refractivity contribution in [3.8, 4) is 0 Å². The van der Waals surface area contributed by atoms with Gasteiger partial charge < -0.3 is 10.2 Å². The first kappa shape index (κ1) is 19.7. The van der Waals surface area contributed by atoms with Crippen molar-refractivity contribution in [2.24, 2.45) is 0 Å². The van der Waals surface area contributed by atoms with Crippen molar-refractivity contribution < 1.29 is 9.59 Å². The smallest absolute Gasteiger partial charge is 0.223 e. The van der Waals surface area contributed by atoms with Gasteiger partial charge in [-0.25, -0.2) is 0 Å². The molecular formula is C22H28N2O2. The number of hydrogen-bond donors (Lipinski definition) is 1. The molecule has 0 aromatic heterocycles. The molecule has 4 heteroatoms. The van der Waals surface area contributed by atoms with E-state index in [1.807, 2.05) is 56.3 Å². The zero-order valence-electron chi connectivity index (χ0n) is 16.1. The summed E-state index contributed by atoms with van der Waals surface area (Å²) < 4.78 is 0. The Morgan fingerprint density at radius 3 is 2.35 bits per heavy atom. The SMILES string of the molecule is CCc1cccc(C)c1N(CCC(=O)NCc1ccc(C)cc1)C(C)=O. The number of aryl methyl sites for hydroxylation is 3. The summed E-state index contributed by atoms with van der Waals surface area (Å²) in [6.45, 7) is 8.55. The third kappa shape index (κ3) is 5.19. The van der Waals surface area contributed by atoms with Gasteiger partial charge in [0, 0.05) is 32.1 Å². The van der Waals surface area contributed by atoms with Gasteiger partial charge in [0.1, 0.15) is 0 Å². The molecule has 0 bridgehead atoms. The maximum atomic E-state index is 12.2. The molecule has 0 fully saturated rings. The van der Waals surface area contributed by atoms with Crippen LogP contribution in [0, 0.1) is 13.8 Å². The fraction of sp³-hybridized carbons (Fsp3) is 0.364. The van der Waals surface area contributed by atoms with E-state index in [0.29, 0.717) is 13.1 Å². The fourth-order valence-electron chi connectivity index (χ4n) is 3.03. The first-order chi connectivity index (χ1) is 12.4. The van der Waals surface area contributed by atoms with Crippen LogP contribution in [0.15, 0.2) is 42.5 Å². The molecule has 2 rings (SSSR count). The lowest BCUT2D eigenvalue weighted by atomic mass is 10.0. The van der Waals surface area contributed by atoms with E-state index in [1.165, 1.54) is 5.56 Å². The quantitative estimate of drug-likeness (QED) is 0.821. The first-order valence-electron chi connectivity index (χ1n) is 9.11. The molecule has 0 spiro atoms. The molecule has 26 heavy (non-hydrogen) atoms. The lowest BCUT2D eigenvalue weighted by molar-refractivity contribution is -0.121. The predicted octanol–water partition coefficient (Wildman–Crippen LogP) is 3.93. The van der Waals surface area contributed by atoms with E-state index in [1.54, 1.807) is 11.8 Å². The summed E-state index contributed by atoms with van der Waals surface area (Å²) in [5.41, 5.74) is 5.38. The molecule has 4 nitrogen and oxygen atoms in total. The van der Waals surface area contributed by atoms with Crippen molar-refractivity contribution in [3.05, 3.63) is 64.7 Å². The van der Waals surface area contributed by atoms with Crippen LogP contribution in [0.2, 0.25) is 0 Å². The minimum Gasteiger partial charge on any atom is -0.352 e. The van der Waals surface area contributed by atoms with Crippen molar-refractivity contribution in [1.29, 1.82) is 0 Å². The number of benzene rings is 2. The summed E-state index contributed by atoms with van der Waals surface area (Å²) in [6.07, 6.45) is 1.13. The molecule has 0 saturated carbocycles. The highest BCUT2D eigenvalue weighted by molar-refractivity contribution is 5.94. The molecule has 0 aliphatic rings. The molecule has 0 atom stereocenters. The number of rotatable bonds is 7. The van der Waals surface area contributed by atoms with Crippen molar-refractivity contribution >= 4 is 17.5 Å². The highest BCUT2D eigenvalue weighted by Crippen LogP contribution is 2.26. The third-order valence-electron chi connectivity index (χ3n) is 4.53. The van der Waals surface area contributed by atoms with Crippen molar-refractivity contribution in [1.82, 2.24) is 5.32 Å². The van der Waals surface area contributed by atoms with E-state index >= 15 is 0 Å². The maximum Gasteiger partial charge on any atom is 0.223 e. The number of amides is 2. The van der Waals surface area contributed by atoms with E-state index in [9.17, 15) is 9.59 Å². The van der Waals surface area contributed by atoms with Crippen LogP contribution in [0.25, 0.3) is 0 Å². The summed E-state index contributed by atoms with van der Waals surface area (Å²) in [5, 5.41) is 2.93. The maximum absolute atomic E-state index is 12.2. The van der Waals surface area contributed by atoms with Gasteiger partial charge in [0.15, 0.2) is 0 Å². The van der Waals surface area contributed by atoms with Gasteiger partial charge in [0.25, 0.3) is 0 Å². The Morgan fingerprint density at radius 2 is 1.73 bits per heavy atom. The molecule has 0 unspecified atom stereocenters. The van der Waals surface area contributed by atoms with Crippen molar-refractivity contribution in [2.45, 2.75) is 47.1 Å². The summed E-state index contributed by atoms with van der Waals surface area (Å²) in [7, 11) is 0. The average molecular weight is 352 g/mol. The van der Waals surface area contributed by atoms with Gasteiger partial charge in [-0.1, -0.05) is 55.0 Å². The molecule has 138 valence electrons.